The number of ether oxygens (including phenoxy) is 1. The van der Waals surface area contributed by atoms with Crippen LogP contribution in [-0.4, -0.2) is 12.5 Å². The number of amides is 1. The van der Waals surface area contributed by atoms with E-state index in [0.29, 0.717) is 5.75 Å². The van der Waals surface area contributed by atoms with Crippen molar-refractivity contribution in [2.75, 3.05) is 11.9 Å². The molecule has 0 heterocycles. The van der Waals surface area contributed by atoms with Crippen LogP contribution >= 0.6 is 47.8 Å². The standard InChI is InChI=1S/C15H12Br3NO2/c1-9-4-2-3-5-13(9)19-14(20)8-21-15-11(17)6-10(16)7-12(15)18/h2-7H,8H2,1H3,(H,19,20). The van der Waals surface area contributed by atoms with Crippen molar-refractivity contribution in [3.8, 4) is 5.75 Å². The van der Waals surface area contributed by atoms with Crippen LogP contribution in [0.25, 0.3) is 0 Å². The summed E-state index contributed by atoms with van der Waals surface area (Å²) < 4.78 is 8.03. The van der Waals surface area contributed by atoms with Crippen LogP contribution in [0.4, 0.5) is 5.69 Å². The lowest BCUT2D eigenvalue weighted by Crippen LogP contribution is -2.20. The van der Waals surface area contributed by atoms with Crippen LogP contribution in [0.5, 0.6) is 5.75 Å². The van der Waals surface area contributed by atoms with Crippen molar-refractivity contribution in [1.29, 1.82) is 0 Å². The van der Waals surface area contributed by atoms with Crippen LogP contribution < -0.4 is 10.1 Å². The molecule has 0 aliphatic rings. The SMILES string of the molecule is Cc1ccccc1NC(=O)COc1c(Br)cc(Br)cc1Br. The maximum atomic E-state index is 12.0. The van der Waals surface area contributed by atoms with Crippen molar-refractivity contribution in [2.24, 2.45) is 0 Å². The van der Waals surface area contributed by atoms with Crippen LogP contribution in [0.15, 0.2) is 49.8 Å². The van der Waals surface area contributed by atoms with Gasteiger partial charge < -0.3 is 10.1 Å². The van der Waals surface area contributed by atoms with E-state index in [1.54, 1.807) is 0 Å². The number of benzene rings is 2. The molecule has 0 atom stereocenters. The number of rotatable bonds is 4. The first-order valence-electron chi connectivity index (χ1n) is 6.10. The van der Waals surface area contributed by atoms with Crippen molar-refractivity contribution in [3.63, 3.8) is 0 Å². The third kappa shape index (κ3) is 4.56. The Morgan fingerprint density at radius 3 is 2.38 bits per heavy atom. The highest BCUT2D eigenvalue weighted by Gasteiger charge is 2.11. The summed E-state index contributed by atoms with van der Waals surface area (Å²) >= 11 is 10.2. The Hall–Kier alpha value is -0.850. The predicted molar refractivity (Wildman–Crippen MR) is 94.8 cm³/mol. The minimum atomic E-state index is -0.203. The highest BCUT2D eigenvalue weighted by molar-refractivity contribution is 9.11. The Balaban J connectivity index is 2.01. The van der Waals surface area contributed by atoms with Gasteiger partial charge in [-0.25, -0.2) is 0 Å². The molecule has 0 aliphatic carbocycles. The summed E-state index contributed by atoms with van der Waals surface area (Å²) in [6.45, 7) is 1.88. The maximum Gasteiger partial charge on any atom is 0.262 e. The molecule has 110 valence electrons. The van der Waals surface area contributed by atoms with Crippen molar-refractivity contribution >= 4 is 59.4 Å². The van der Waals surface area contributed by atoms with E-state index in [1.807, 2.05) is 43.3 Å². The van der Waals surface area contributed by atoms with Crippen LogP contribution in [0, 0.1) is 6.92 Å². The number of carbonyl (C=O) groups is 1. The molecule has 0 aliphatic heterocycles. The summed E-state index contributed by atoms with van der Waals surface area (Å²) in [4.78, 5) is 12.0. The fraction of sp³-hybridized carbons (Fsp3) is 0.133. The third-order valence-electron chi connectivity index (χ3n) is 2.73. The summed E-state index contributed by atoms with van der Waals surface area (Å²) in [5.41, 5.74) is 1.80. The Labute approximate surface area is 148 Å². The van der Waals surface area contributed by atoms with Crippen LogP contribution in [-0.2, 0) is 4.79 Å². The van der Waals surface area contributed by atoms with Gasteiger partial charge in [-0.2, -0.15) is 0 Å². The van der Waals surface area contributed by atoms with E-state index >= 15 is 0 Å². The Morgan fingerprint density at radius 1 is 1.14 bits per heavy atom. The lowest BCUT2D eigenvalue weighted by atomic mass is 10.2. The van der Waals surface area contributed by atoms with Gasteiger partial charge in [0.05, 0.1) is 8.95 Å². The van der Waals surface area contributed by atoms with Gasteiger partial charge in [-0.15, -0.1) is 0 Å². The Kier molecular flexibility index (Phi) is 5.84. The van der Waals surface area contributed by atoms with Crippen molar-refractivity contribution in [1.82, 2.24) is 0 Å². The minimum absolute atomic E-state index is 0.0623. The van der Waals surface area contributed by atoms with Crippen LogP contribution in [0.1, 0.15) is 5.56 Å². The molecule has 2 rings (SSSR count). The number of halogens is 3. The molecule has 0 aromatic heterocycles. The first-order chi connectivity index (χ1) is 9.97. The zero-order valence-electron chi connectivity index (χ0n) is 11.1. The van der Waals surface area contributed by atoms with Gasteiger partial charge in [0, 0.05) is 10.2 Å². The number of carbonyl (C=O) groups excluding carboxylic acids is 1. The second kappa shape index (κ2) is 7.42. The number of hydrogen-bond donors (Lipinski definition) is 1. The molecule has 0 saturated heterocycles. The van der Waals surface area contributed by atoms with Crippen LogP contribution in [0.2, 0.25) is 0 Å². The highest BCUT2D eigenvalue weighted by atomic mass is 79.9. The number of para-hydroxylation sites is 1. The lowest BCUT2D eigenvalue weighted by molar-refractivity contribution is -0.118. The van der Waals surface area contributed by atoms with Gasteiger partial charge in [0.2, 0.25) is 0 Å². The Morgan fingerprint density at radius 2 is 1.76 bits per heavy atom. The maximum absolute atomic E-state index is 12.0. The first kappa shape index (κ1) is 16.5. The van der Waals surface area contributed by atoms with E-state index in [4.69, 9.17) is 4.74 Å². The second-order valence-electron chi connectivity index (χ2n) is 4.35. The molecule has 0 fully saturated rings. The van der Waals surface area contributed by atoms with E-state index in [-0.39, 0.29) is 12.5 Å². The van der Waals surface area contributed by atoms with Gasteiger partial charge in [0.25, 0.3) is 5.91 Å². The predicted octanol–water partition coefficient (Wildman–Crippen LogP) is 5.30. The smallest absolute Gasteiger partial charge is 0.262 e. The second-order valence-corrected chi connectivity index (χ2v) is 6.97. The molecule has 21 heavy (non-hydrogen) atoms. The summed E-state index contributed by atoms with van der Waals surface area (Å²) in [5.74, 6) is 0.393. The molecule has 0 unspecified atom stereocenters. The van der Waals surface area contributed by atoms with Gasteiger partial charge in [0.15, 0.2) is 6.61 Å². The molecule has 1 N–H and O–H groups in total. The van der Waals surface area contributed by atoms with Gasteiger partial charge >= 0.3 is 0 Å². The lowest BCUT2D eigenvalue weighted by Gasteiger charge is -2.12. The van der Waals surface area contributed by atoms with E-state index in [1.165, 1.54) is 0 Å². The zero-order chi connectivity index (χ0) is 15.4. The van der Waals surface area contributed by atoms with Gasteiger partial charge in [0.1, 0.15) is 5.75 Å². The van der Waals surface area contributed by atoms with Crippen LogP contribution in [0.3, 0.4) is 0 Å². The van der Waals surface area contributed by atoms with E-state index in [9.17, 15) is 4.79 Å². The average molecular weight is 478 g/mol. The number of hydrogen-bond acceptors (Lipinski definition) is 2. The molecule has 2 aromatic rings. The first-order valence-corrected chi connectivity index (χ1v) is 8.48. The highest BCUT2D eigenvalue weighted by Crippen LogP contribution is 2.36. The average Bonchev–Trinajstić information content (AvgIpc) is 2.40. The molecular weight excluding hydrogens is 466 g/mol. The molecule has 3 nitrogen and oxygen atoms in total. The third-order valence-corrected chi connectivity index (χ3v) is 4.37. The quantitative estimate of drug-likeness (QED) is 0.649. The summed E-state index contributed by atoms with van der Waals surface area (Å²) in [6, 6.07) is 11.3. The summed E-state index contributed by atoms with van der Waals surface area (Å²) in [5, 5.41) is 2.83. The largest absolute Gasteiger partial charge is 0.481 e. The fourth-order valence-corrected chi connectivity index (χ4v) is 4.19. The van der Waals surface area contributed by atoms with Crippen molar-refractivity contribution in [3.05, 3.63) is 55.4 Å². The topological polar surface area (TPSA) is 38.3 Å². The number of nitrogens with one attached hydrogen (secondary N) is 1. The molecular formula is C15H12Br3NO2. The van der Waals surface area contributed by atoms with Gasteiger partial charge in [-0.3, -0.25) is 4.79 Å². The summed E-state index contributed by atoms with van der Waals surface area (Å²) in [7, 11) is 0. The number of anilines is 1. The molecule has 2 aromatic carbocycles. The van der Waals surface area contributed by atoms with E-state index < -0.39 is 0 Å². The monoisotopic (exact) mass is 475 g/mol. The number of aryl methyl sites for hydroxylation is 1. The zero-order valence-corrected chi connectivity index (χ0v) is 15.9. The van der Waals surface area contributed by atoms with Gasteiger partial charge in [-0.05, 0) is 62.5 Å². The molecule has 6 heteroatoms. The molecule has 0 bridgehead atoms. The molecule has 0 spiro atoms. The van der Waals surface area contributed by atoms with Gasteiger partial charge in [-0.1, -0.05) is 34.1 Å². The normalized spacial score (nSPS) is 10.3. The molecule has 0 radical (unpaired) electrons. The van der Waals surface area contributed by atoms with Crippen molar-refractivity contribution in [2.45, 2.75) is 6.92 Å². The molecule has 0 saturated carbocycles. The molecule has 1 amide bonds. The van der Waals surface area contributed by atoms with E-state index in [2.05, 4.69) is 53.1 Å². The van der Waals surface area contributed by atoms with Crippen molar-refractivity contribution < 1.29 is 9.53 Å². The minimum Gasteiger partial charge on any atom is -0.481 e. The van der Waals surface area contributed by atoms with E-state index in [0.717, 1.165) is 24.7 Å². The summed E-state index contributed by atoms with van der Waals surface area (Å²) in [6.07, 6.45) is 0. The fourth-order valence-electron chi connectivity index (χ4n) is 1.70. The Bertz CT molecular complexity index is 651.